The van der Waals surface area contributed by atoms with Gasteiger partial charge in [0.1, 0.15) is 31.3 Å². The first kappa shape index (κ1) is 17.7. The van der Waals surface area contributed by atoms with Gasteiger partial charge >= 0.3 is 0 Å². The molecule has 0 aliphatic carbocycles. The van der Waals surface area contributed by atoms with E-state index >= 15 is 0 Å². The number of nitrogens with one attached hydrogen (secondary N) is 1. The second-order valence-electron chi connectivity index (χ2n) is 5.82. The van der Waals surface area contributed by atoms with E-state index in [4.69, 9.17) is 18.6 Å². The third kappa shape index (κ3) is 4.36. The van der Waals surface area contributed by atoms with E-state index < -0.39 is 0 Å². The summed E-state index contributed by atoms with van der Waals surface area (Å²) in [6.07, 6.45) is 0. The highest BCUT2D eigenvalue weighted by atomic mass is 127. The van der Waals surface area contributed by atoms with Gasteiger partial charge in [-0.25, -0.2) is 0 Å². The fraction of sp³-hybridized carbons (Fsp3) is 0.150. The molecule has 1 amide bonds. The first-order valence-electron chi connectivity index (χ1n) is 8.35. The number of benzene rings is 2. The van der Waals surface area contributed by atoms with Crippen LogP contribution in [0.4, 0.5) is 5.69 Å². The highest BCUT2D eigenvalue weighted by molar-refractivity contribution is 14.1. The molecule has 0 atom stereocenters. The van der Waals surface area contributed by atoms with Crippen LogP contribution in [0, 0.1) is 3.57 Å². The summed E-state index contributed by atoms with van der Waals surface area (Å²) in [7, 11) is 0. The third-order valence-corrected chi connectivity index (χ3v) is 4.60. The van der Waals surface area contributed by atoms with Crippen LogP contribution in [0.3, 0.4) is 0 Å². The maximum absolute atomic E-state index is 12.4. The van der Waals surface area contributed by atoms with Gasteiger partial charge < -0.3 is 23.9 Å². The van der Waals surface area contributed by atoms with Gasteiger partial charge in [0.15, 0.2) is 17.3 Å². The van der Waals surface area contributed by atoms with E-state index in [9.17, 15) is 4.79 Å². The lowest BCUT2D eigenvalue weighted by atomic mass is 10.2. The fourth-order valence-electron chi connectivity index (χ4n) is 2.58. The largest absolute Gasteiger partial charge is 0.486 e. The molecule has 0 fully saturated rings. The Kier molecular flexibility index (Phi) is 5.19. The Morgan fingerprint density at radius 1 is 1.00 bits per heavy atom. The molecule has 138 valence electrons. The minimum absolute atomic E-state index is 0.214. The second kappa shape index (κ2) is 7.91. The number of carbonyl (C=O) groups is 1. The molecule has 1 aliphatic rings. The number of furan rings is 1. The van der Waals surface area contributed by atoms with Crippen molar-refractivity contribution < 1.29 is 23.4 Å². The first-order valence-corrected chi connectivity index (χ1v) is 9.43. The Balaban J connectivity index is 1.37. The van der Waals surface area contributed by atoms with E-state index in [0.717, 1.165) is 9.32 Å². The van der Waals surface area contributed by atoms with Gasteiger partial charge in [0.2, 0.25) is 0 Å². The molecule has 27 heavy (non-hydrogen) atoms. The maximum atomic E-state index is 12.4. The molecule has 2 aromatic carbocycles. The summed E-state index contributed by atoms with van der Waals surface area (Å²) in [6, 6.07) is 16.3. The Hall–Kier alpha value is -2.68. The monoisotopic (exact) mass is 477 g/mol. The number of ether oxygens (including phenoxy) is 3. The molecule has 1 aliphatic heterocycles. The Morgan fingerprint density at radius 3 is 2.59 bits per heavy atom. The predicted molar refractivity (Wildman–Crippen MR) is 108 cm³/mol. The molecular weight excluding hydrogens is 461 g/mol. The minimum Gasteiger partial charge on any atom is -0.486 e. The van der Waals surface area contributed by atoms with E-state index in [-0.39, 0.29) is 18.3 Å². The van der Waals surface area contributed by atoms with Crippen molar-refractivity contribution in [3.05, 3.63) is 69.7 Å². The van der Waals surface area contributed by atoms with Gasteiger partial charge in [-0.15, -0.1) is 0 Å². The average Bonchev–Trinajstić information content (AvgIpc) is 3.17. The number of carbonyl (C=O) groups excluding carboxylic acids is 1. The van der Waals surface area contributed by atoms with E-state index in [1.165, 1.54) is 0 Å². The number of hydrogen-bond donors (Lipinski definition) is 1. The molecule has 0 saturated heterocycles. The average molecular weight is 477 g/mol. The van der Waals surface area contributed by atoms with Crippen molar-refractivity contribution in [1.82, 2.24) is 0 Å². The number of hydrogen-bond acceptors (Lipinski definition) is 5. The van der Waals surface area contributed by atoms with Crippen LogP contribution < -0.4 is 19.5 Å². The van der Waals surface area contributed by atoms with Crippen molar-refractivity contribution in [2.45, 2.75) is 6.61 Å². The van der Waals surface area contributed by atoms with Crippen molar-refractivity contribution in [1.29, 1.82) is 0 Å². The lowest BCUT2D eigenvalue weighted by molar-refractivity contribution is 0.0992. The molecule has 0 saturated carbocycles. The maximum Gasteiger partial charge on any atom is 0.291 e. The summed E-state index contributed by atoms with van der Waals surface area (Å²) in [5, 5.41) is 2.79. The Morgan fingerprint density at radius 2 is 1.78 bits per heavy atom. The van der Waals surface area contributed by atoms with Gasteiger partial charge in [-0.1, -0.05) is 0 Å². The van der Waals surface area contributed by atoms with Crippen LogP contribution in [-0.4, -0.2) is 19.1 Å². The standard InChI is InChI=1S/C20H16INO5/c21-13-1-4-15(5-2-13)26-12-16-6-8-18(27-16)20(23)22-14-3-7-17-19(11-14)25-10-9-24-17/h1-8,11H,9-10,12H2,(H,22,23). The molecule has 4 rings (SSSR count). The van der Waals surface area contributed by atoms with Crippen molar-refractivity contribution >= 4 is 34.2 Å². The van der Waals surface area contributed by atoms with Gasteiger partial charge in [0.25, 0.3) is 5.91 Å². The smallest absolute Gasteiger partial charge is 0.291 e. The molecule has 6 nitrogen and oxygen atoms in total. The van der Waals surface area contributed by atoms with Crippen molar-refractivity contribution in [3.8, 4) is 17.2 Å². The van der Waals surface area contributed by atoms with Crippen LogP contribution in [0.5, 0.6) is 17.2 Å². The Labute approximate surface area is 169 Å². The van der Waals surface area contributed by atoms with Crippen LogP contribution in [0.15, 0.2) is 59.0 Å². The molecular formula is C20H16INO5. The van der Waals surface area contributed by atoms with Gasteiger partial charge in [0, 0.05) is 15.3 Å². The third-order valence-electron chi connectivity index (χ3n) is 3.88. The molecule has 1 aromatic heterocycles. The normalized spacial score (nSPS) is 12.5. The second-order valence-corrected chi connectivity index (χ2v) is 7.07. The number of fused-ring (bicyclic) bond motifs is 1. The van der Waals surface area contributed by atoms with Gasteiger partial charge in [-0.3, -0.25) is 4.79 Å². The first-order chi connectivity index (χ1) is 13.2. The summed E-state index contributed by atoms with van der Waals surface area (Å²) in [5.74, 6) is 2.48. The molecule has 3 aromatic rings. The minimum atomic E-state index is -0.341. The molecule has 0 bridgehead atoms. The van der Waals surface area contributed by atoms with E-state index in [1.54, 1.807) is 30.3 Å². The van der Waals surface area contributed by atoms with Crippen molar-refractivity contribution in [2.75, 3.05) is 18.5 Å². The van der Waals surface area contributed by atoms with E-state index in [2.05, 4.69) is 27.9 Å². The lowest BCUT2D eigenvalue weighted by Crippen LogP contribution is -2.16. The van der Waals surface area contributed by atoms with Crippen molar-refractivity contribution in [3.63, 3.8) is 0 Å². The number of amides is 1. The molecule has 1 N–H and O–H groups in total. The van der Waals surface area contributed by atoms with Crippen LogP contribution in [-0.2, 0) is 6.61 Å². The zero-order valence-electron chi connectivity index (χ0n) is 14.2. The van der Waals surface area contributed by atoms with E-state index in [1.807, 2.05) is 24.3 Å². The zero-order chi connectivity index (χ0) is 18.6. The molecule has 2 heterocycles. The quantitative estimate of drug-likeness (QED) is 0.549. The lowest BCUT2D eigenvalue weighted by Gasteiger charge is -2.18. The fourth-order valence-corrected chi connectivity index (χ4v) is 2.94. The van der Waals surface area contributed by atoms with Crippen LogP contribution >= 0.6 is 22.6 Å². The van der Waals surface area contributed by atoms with Gasteiger partial charge in [0.05, 0.1) is 0 Å². The number of halogens is 1. The van der Waals surface area contributed by atoms with E-state index in [0.29, 0.717) is 36.2 Å². The van der Waals surface area contributed by atoms with Crippen LogP contribution in [0.2, 0.25) is 0 Å². The van der Waals surface area contributed by atoms with Crippen molar-refractivity contribution in [2.24, 2.45) is 0 Å². The van der Waals surface area contributed by atoms with Crippen LogP contribution in [0.1, 0.15) is 16.3 Å². The van der Waals surface area contributed by atoms with Gasteiger partial charge in [-0.2, -0.15) is 0 Å². The molecule has 7 heteroatoms. The highest BCUT2D eigenvalue weighted by Gasteiger charge is 2.15. The topological polar surface area (TPSA) is 69.9 Å². The summed E-state index contributed by atoms with van der Waals surface area (Å²) < 4.78 is 23.4. The number of rotatable bonds is 5. The van der Waals surface area contributed by atoms with Gasteiger partial charge in [-0.05, 0) is 71.1 Å². The van der Waals surface area contributed by atoms with Crippen LogP contribution in [0.25, 0.3) is 0 Å². The summed E-state index contributed by atoms with van der Waals surface area (Å²) in [5.41, 5.74) is 0.609. The molecule has 0 unspecified atom stereocenters. The highest BCUT2D eigenvalue weighted by Crippen LogP contribution is 2.32. The summed E-state index contributed by atoms with van der Waals surface area (Å²) in [6.45, 7) is 1.27. The molecule has 0 spiro atoms. The summed E-state index contributed by atoms with van der Waals surface area (Å²) in [4.78, 5) is 12.4. The zero-order valence-corrected chi connectivity index (χ0v) is 16.4. The molecule has 0 radical (unpaired) electrons. The Bertz CT molecular complexity index is 951. The SMILES string of the molecule is O=C(Nc1ccc2c(c1)OCCO2)c1ccc(COc2ccc(I)cc2)o1. The number of anilines is 1. The predicted octanol–water partition coefficient (Wildman–Crippen LogP) is 4.49. The summed E-state index contributed by atoms with van der Waals surface area (Å²) >= 11 is 2.23.